The lowest BCUT2D eigenvalue weighted by Gasteiger charge is -2.46. The Hall–Kier alpha value is -1.37. The molecule has 1 aliphatic rings. The Morgan fingerprint density at radius 1 is 1.30 bits per heavy atom. The van der Waals surface area contributed by atoms with E-state index in [1.165, 1.54) is 0 Å². The van der Waals surface area contributed by atoms with Crippen molar-refractivity contribution in [1.29, 1.82) is 0 Å². The van der Waals surface area contributed by atoms with Gasteiger partial charge in [-0.3, -0.25) is 0 Å². The van der Waals surface area contributed by atoms with Gasteiger partial charge in [0.15, 0.2) is 8.32 Å². The fourth-order valence-corrected chi connectivity index (χ4v) is 4.07. The van der Waals surface area contributed by atoms with Crippen molar-refractivity contribution in [1.82, 2.24) is 4.90 Å². The molecule has 5 nitrogen and oxygen atoms in total. The average molecular weight is 394 g/mol. The van der Waals surface area contributed by atoms with Gasteiger partial charge in [0.05, 0.1) is 18.2 Å². The molecule has 1 aromatic rings. The third-order valence-electron chi connectivity index (χ3n) is 6.02. The van der Waals surface area contributed by atoms with Gasteiger partial charge in [0, 0.05) is 6.54 Å². The van der Waals surface area contributed by atoms with Crippen LogP contribution in [0.3, 0.4) is 0 Å². The molecule has 2 rings (SSSR count). The molecule has 1 aliphatic heterocycles. The van der Waals surface area contributed by atoms with Crippen LogP contribution in [0.5, 0.6) is 0 Å². The summed E-state index contributed by atoms with van der Waals surface area (Å²) in [7, 11) is -1.98. The summed E-state index contributed by atoms with van der Waals surface area (Å²) < 4.78 is 11.9. The molecule has 0 aliphatic carbocycles. The highest BCUT2D eigenvalue weighted by molar-refractivity contribution is 6.74. The van der Waals surface area contributed by atoms with Gasteiger partial charge in [-0.15, -0.1) is 0 Å². The molecule has 0 bridgehead atoms. The van der Waals surface area contributed by atoms with Crippen molar-refractivity contribution in [2.45, 2.75) is 76.9 Å². The number of benzene rings is 1. The molecular weight excluding hydrogens is 358 g/mol. The molecule has 1 amide bonds. The van der Waals surface area contributed by atoms with Crippen LogP contribution >= 0.6 is 0 Å². The number of rotatable bonds is 5. The predicted molar refractivity (Wildman–Crippen MR) is 110 cm³/mol. The Balaban J connectivity index is 2.06. The van der Waals surface area contributed by atoms with Crippen molar-refractivity contribution < 1.29 is 19.1 Å². The van der Waals surface area contributed by atoms with Crippen molar-refractivity contribution in [3.8, 4) is 0 Å². The van der Waals surface area contributed by atoms with Crippen LogP contribution in [0, 0.1) is 0 Å². The summed E-state index contributed by atoms with van der Waals surface area (Å²) in [6.07, 6.45) is 1.02. The normalized spacial score (nSPS) is 24.0. The van der Waals surface area contributed by atoms with E-state index in [-0.39, 0.29) is 17.7 Å². The van der Waals surface area contributed by atoms with Gasteiger partial charge in [0.1, 0.15) is 6.61 Å². The zero-order valence-electron chi connectivity index (χ0n) is 17.6. The minimum atomic E-state index is -1.98. The minimum absolute atomic E-state index is 0.0756. The number of piperidine rings is 1. The van der Waals surface area contributed by atoms with Crippen molar-refractivity contribution in [2.75, 3.05) is 13.2 Å². The largest absolute Gasteiger partial charge is 0.445 e. The number of aliphatic hydroxyl groups is 1. The molecule has 6 heteroatoms. The number of hydrogen-bond donors (Lipinski definition) is 1. The first kappa shape index (κ1) is 21.9. The lowest BCUT2D eigenvalue weighted by Crippen LogP contribution is -2.60. The van der Waals surface area contributed by atoms with E-state index in [1.807, 2.05) is 30.3 Å². The number of nitrogens with zero attached hydrogens (tertiary/aromatic N) is 1. The number of carbonyl (C=O) groups is 1. The van der Waals surface area contributed by atoms with Crippen LogP contribution in [0.2, 0.25) is 18.1 Å². The van der Waals surface area contributed by atoms with Crippen LogP contribution in [0.25, 0.3) is 0 Å². The maximum atomic E-state index is 12.7. The van der Waals surface area contributed by atoms with E-state index < -0.39 is 20.0 Å². The van der Waals surface area contributed by atoms with Gasteiger partial charge < -0.3 is 19.2 Å². The van der Waals surface area contributed by atoms with Crippen LogP contribution in [-0.2, 0) is 15.8 Å². The molecule has 152 valence electrons. The van der Waals surface area contributed by atoms with Gasteiger partial charge in [0.25, 0.3) is 0 Å². The molecule has 1 aromatic carbocycles. The van der Waals surface area contributed by atoms with Crippen molar-refractivity contribution in [2.24, 2.45) is 0 Å². The molecule has 0 aromatic heterocycles. The van der Waals surface area contributed by atoms with Crippen LogP contribution in [0.15, 0.2) is 30.3 Å². The van der Waals surface area contributed by atoms with Crippen LogP contribution in [0.1, 0.15) is 46.1 Å². The van der Waals surface area contributed by atoms with Crippen molar-refractivity contribution >= 4 is 14.4 Å². The molecular formula is C21H35NO4Si. The number of carbonyl (C=O) groups excluding carboxylic acids is 1. The number of ether oxygens (including phenoxy) is 1. The molecule has 1 N–H and O–H groups in total. The van der Waals surface area contributed by atoms with Crippen LogP contribution < -0.4 is 0 Å². The van der Waals surface area contributed by atoms with E-state index in [0.29, 0.717) is 19.6 Å². The Morgan fingerprint density at radius 2 is 1.93 bits per heavy atom. The Labute approximate surface area is 164 Å². The van der Waals surface area contributed by atoms with Crippen LogP contribution in [0.4, 0.5) is 4.79 Å². The summed E-state index contributed by atoms with van der Waals surface area (Å²) in [6.45, 7) is 13.9. The lowest BCUT2D eigenvalue weighted by molar-refractivity contribution is -0.0781. The minimum Gasteiger partial charge on any atom is -0.445 e. The Morgan fingerprint density at radius 3 is 2.52 bits per heavy atom. The zero-order chi connectivity index (χ0) is 20.3. The molecule has 0 spiro atoms. The van der Waals surface area contributed by atoms with E-state index in [0.717, 1.165) is 12.0 Å². The second kappa shape index (κ2) is 8.33. The van der Waals surface area contributed by atoms with Gasteiger partial charge in [-0.25, -0.2) is 4.79 Å². The second-order valence-corrected chi connectivity index (χ2v) is 14.1. The highest BCUT2D eigenvalue weighted by Gasteiger charge is 2.45. The molecule has 27 heavy (non-hydrogen) atoms. The molecule has 0 saturated carbocycles. The number of likely N-dealkylation sites (tertiary alicyclic amines) is 1. The molecule has 1 saturated heterocycles. The maximum Gasteiger partial charge on any atom is 0.410 e. The summed E-state index contributed by atoms with van der Waals surface area (Å²) in [6, 6.07) is 9.23. The van der Waals surface area contributed by atoms with Gasteiger partial charge in [-0.2, -0.15) is 0 Å². The SMILES string of the molecule is CC(C)(C)[Si](C)(C)OC[C@H]1N(C(=O)OCc2ccccc2)CCC[C@]1(C)O. The van der Waals surface area contributed by atoms with Gasteiger partial charge >= 0.3 is 6.09 Å². The number of amides is 1. The quantitative estimate of drug-likeness (QED) is 0.745. The fraction of sp³-hybridized carbons (Fsp3) is 0.667. The van der Waals surface area contributed by atoms with E-state index >= 15 is 0 Å². The van der Waals surface area contributed by atoms with Crippen molar-refractivity contribution in [3.63, 3.8) is 0 Å². The lowest BCUT2D eigenvalue weighted by atomic mass is 9.87. The summed E-state index contributed by atoms with van der Waals surface area (Å²) in [4.78, 5) is 14.4. The summed E-state index contributed by atoms with van der Waals surface area (Å²) >= 11 is 0. The van der Waals surface area contributed by atoms with E-state index in [9.17, 15) is 9.90 Å². The topological polar surface area (TPSA) is 59.0 Å². The molecule has 1 heterocycles. The third kappa shape index (κ3) is 5.56. The highest BCUT2D eigenvalue weighted by Crippen LogP contribution is 2.38. The first-order valence-corrected chi connectivity index (χ1v) is 12.7. The zero-order valence-corrected chi connectivity index (χ0v) is 18.6. The first-order chi connectivity index (χ1) is 12.4. The van der Waals surface area contributed by atoms with Gasteiger partial charge in [-0.1, -0.05) is 51.1 Å². The van der Waals surface area contributed by atoms with E-state index in [2.05, 4.69) is 33.9 Å². The summed E-state index contributed by atoms with van der Waals surface area (Å²) in [5, 5.41) is 11.0. The van der Waals surface area contributed by atoms with E-state index in [1.54, 1.807) is 11.8 Å². The first-order valence-electron chi connectivity index (χ1n) is 9.78. The average Bonchev–Trinajstić information content (AvgIpc) is 2.57. The summed E-state index contributed by atoms with van der Waals surface area (Å²) in [5.41, 5.74) is -0.0319. The highest BCUT2D eigenvalue weighted by atomic mass is 28.4. The van der Waals surface area contributed by atoms with E-state index in [4.69, 9.17) is 9.16 Å². The van der Waals surface area contributed by atoms with Crippen LogP contribution in [-0.4, -0.2) is 49.2 Å². The molecule has 0 radical (unpaired) electrons. The number of hydrogen-bond acceptors (Lipinski definition) is 4. The maximum absolute atomic E-state index is 12.7. The van der Waals surface area contributed by atoms with Gasteiger partial charge in [0.2, 0.25) is 0 Å². The molecule has 2 atom stereocenters. The third-order valence-corrected chi connectivity index (χ3v) is 10.5. The molecule has 1 fully saturated rings. The summed E-state index contributed by atoms with van der Waals surface area (Å²) in [5.74, 6) is 0. The smallest absolute Gasteiger partial charge is 0.410 e. The predicted octanol–water partition coefficient (Wildman–Crippen LogP) is 4.56. The molecule has 0 unspecified atom stereocenters. The van der Waals surface area contributed by atoms with Crippen molar-refractivity contribution in [3.05, 3.63) is 35.9 Å². The second-order valence-electron chi connectivity index (χ2n) is 9.28. The fourth-order valence-electron chi connectivity index (χ4n) is 3.06. The Kier molecular flexibility index (Phi) is 6.76. The standard InChI is InChI=1S/C21H35NO4Si/c1-20(2,3)27(5,6)26-16-18-21(4,24)13-10-14-22(18)19(23)25-15-17-11-8-7-9-12-17/h7-9,11-12,18,24H,10,13-16H2,1-6H3/t18-,21+/m1/s1. The van der Waals surface area contributed by atoms with Gasteiger partial charge in [-0.05, 0) is 43.5 Å². The Bertz CT molecular complexity index is 625. The monoisotopic (exact) mass is 393 g/mol.